The molecule has 0 saturated carbocycles. The molecule has 0 fully saturated rings. The van der Waals surface area contributed by atoms with E-state index in [0.717, 1.165) is 0 Å². The summed E-state index contributed by atoms with van der Waals surface area (Å²) in [6.45, 7) is 0.369. The van der Waals surface area contributed by atoms with Crippen LogP contribution in [0.3, 0.4) is 0 Å². The topological polar surface area (TPSA) is 41.5 Å². The van der Waals surface area contributed by atoms with Crippen LogP contribution in [0.2, 0.25) is 5.02 Å². The molecular formula is C15H14BrClFNO2. The van der Waals surface area contributed by atoms with Crippen molar-refractivity contribution >= 4 is 33.2 Å². The number of ether oxygens (including phenoxy) is 1. The van der Waals surface area contributed by atoms with Crippen LogP contribution in [-0.4, -0.2) is 24.4 Å². The molecule has 2 aromatic carbocycles. The Labute approximate surface area is 135 Å². The summed E-state index contributed by atoms with van der Waals surface area (Å²) in [4.78, 5) is 0. The zero-order chi connectivity index (χ0) is 15.2. The van der Waals surface area contributed by atoms with Gasteiger partial charge in [0.1, 0.15) is 24.3 Å². The number of anilines is 1. The summed E-state index contributed by atoms with van der Waals surface area (Å²) in [7, 11) is 0. The molecule has 112 valence electrons. The normalized spacial score (nSPS) is 12.0. The van der Waals surface area contributed by atoms with Gasteiger partial charge in [0.15, 0.2) is 0 Å². The standard InChI is InChI=1S/C15H14BrClFNO2/c16-14-5-4-11(7-15(14)18)19-8-12(20)9-21-13-3-1-2-10(17)6-13/h1-7,12,19-20H,8-9H2. The lowest BCUT2D eigenvalue weighted by molar-refractivity contribution is 0.117. The Kier molecular flexibility index (Phi) is 5.85. The summed E-state index contributed by atoms with van der Waals surface area (Å²) in [5.41, 5.74) is 0.595. The van der Waals surface area contributed by atoms with E-state index in [9.17, 15) is 9.50 Å². The molecule has 0 amide bonds. The van der Waals surface area contributed by atoms with Gasteiger partial charge in [0, 0.05) is 17.3 Å². The predicted molar refractivity (Wildman–Crippen MR) is 85.5 cm³/mol. The molecular weight excluding hydrogens is 361 g/mol. The molecule has 2 rings (SSSR count). The van der Waals surface area contributed by atoms with Gasteiger partial charge < -0.3 is 15.2 Å². The van der Waals surface area contributed by atoms with Crippen molar-refractivity contribution in [1.29, 1.82) is 0 Å². The highest BCUT2D eigenvalue weighted by molar-refractivity contribution is 9.10. The van der Waals surface area contributed by atoms with Crippen LogP contribution in [0, 0.1) is 5.82 Å². The number of benzene rings is 2. The number of rotatable bonds is 6. The molecule has 2 aromatic rings. The van der Waals surface area contributed by atoms with Gasteiger partial charge in [0.25, 0.3) is 0 Å². The van der Waals surface area contributed by atoms with Gasteiger partial charge in [0.2, 0.25) is 0 Å². The Morgan fingerprint density at radius 1 is 1.29 bits per heavy atom. The quantitative estimate of drug-likeness (QED) is 0.800. The van der Waals surface area contributed by atoms with Gasteiger partial charge in [-0.2, -0.15) is 0 Å². The molecule has 0 spiro atoms. The minimum atomic E-state index is -0.726. The van der Waals surface area contributed by atoms with Gasteiger partial charge in [0.05, 0.1) is 4.47 Å². The predicted octanol–water partition coefficient (Wildman–Crippen LogP) is 4.09. The zero-order valence-corrected chi connectivity index (χ0v) is 13.4. The van der Waals surface area contributed by atoms with Crippen molar-refractivity contribution in [3.63, 3.8) is 0 Å². The van der Waals surface area contributed by atoms with E-state index in [0.29, 0.717) is 20.9 Å². The summed E-state index contributed by atoms with van der Waals surface area (Å²) in [5.74, 6) is 0.237. The minimum absolute atomic E-state index is 0.117. The molecule has 21 heavy (non-hydrogen) atoms. The smallest absolute Gasteiger partial charge is 0.139 e. The van der Waals surface area contributed by atoms with Crippen LogP contribution in [0.1, 0.15) is 0 Å². The van der Waals surface area contributed by atoms with E-state index >= 15 is 0 Å². The third-order valence-corrected chi connectivity index (χ3v) is 3.58. The first-order valence-electron chi connectivity index (χ1n) is 6.30. The number of hydrogen-bond acceptors (Lipinski definition) is 3. The molecule has 0 saturated heterocycles. The van der Waals surface area contributed by atoms with E-state index in [2.05, 4.69) is 21.2 Å². The first-order valence-corrected chi connectivity index (χ1v) is 7.47. The van der Waals surface area contributed by atoms with E-state index in [4.69, 9.17) is 16.3 Å². The third-order valence-electron chi connectivity index (χ3n) is 2.70. The Morgan fingerprint density at radius 2 is 2.10 bits per heavy atom. The van der Waals surface area contributed by atoms with Crippen molar-refractivity contribution in [3.05, 3.63) is 57.8 Å². The number of nitrogens with one attached hydrogen (secondary N) is 1. The van der Waals surface area contributed by atoms with Gasteiger partial charge in [-0.15, -0.1) is 0 Å². The van der Waals surface area contributed by atoms with Crippen molar-refractivity contribution < 1.29 is 14.2 Å². The van der Waals surface area contributed by atoms with Crippen LogP contribution in [0.15, 0.2) is 46.9 Å². The van der Waals surface area contributed by atoms with Crippen LogP contribution in [0.5, 0.6) is 5.75 Å². The maximum Gasteiger partial charge on any atom is 0.139 e. The fourth-order valence-electron chi connectivity index (χ4n) is 1.65. The lowest BCUT2D eigenvalue weighted by Crippen LogP contribution is -2.26. The maximum absolute atomic E-state index is 13.3. The first-order chi connectivity index (χ1) is 10.0. The van der Waals surface area contributed by atoms with Gasteiger partial charge in [-0.3, -0.25) is 0 Å². The van der Waals surface area contributed by atoms with Gasteiger partial charge in [-0.1, -0.05) is 17.7 Å². The highest BCUT2D eigenvalue weighted by Crippen LogP contribution is 2.19. The Bertz CT molecular complexity index is 612. The minimum Gasteiger partial charge on any atom is -0.491 e. The summed E-state index contributed by atoms with van der Waals surface area (Å²) >= 11 is 8.92. The molecule has 0 radical (unpaired) electrons. The summed E-state index contributed by atoms with van der Waals surface area (Å²) in [6.07, 6.45) is -0.726. The van der Waals surface area contributed by atoms with Gasteiger partial charge >= 0.3 is 0 Å². The number of halogens is 3. The maximum atomic E-state index is 13.3. The summed E-state index contributed by atoms with van der Waals surface area (Å²) in [6, 6.07) is 11.6. The zero-order valence-electron chi connectivity index (χ0n) is 11.0. The average molecular weight is 375 g/mol. The molecule has 0 aliphatic carbocycles. The van der Waals surface area contributed by atoms with Crippen molar-refractivity contribution in [2.75, 3.05) is 18.5 Å². The molecule has 1 atom stereocenters. The van der Waals surface area contributed by atoms with Crippen LogP contribution in [-0.2, 0) is 0 Å². The van der Waals surface area contributed by atoms with Gasteiger partial charge in [-0.25, -0.2) is 4.39 Å². The number of hydrogen-bond donors (Lipinski definition) is 2. The van der Waals surface area contributed by atoms with Crippen molar-refractivity contribution in [1.82, 2.24) is 0 Å². The largest absolute Gasteiger partial charge is 0.491 e. The molecule has 0 aliphatic heterocycles. The fraction of sp³-hybridized carbons (Fsp3) is 0.200. The molecule has 0 aliphatic rings. The van der Waals surface area contributed by atoms with Crippen molar-refractivity contribution in [2.45, 2.75) is 6.10 Å². The van der Waals surface area contributed by atoms with E-state index in [-0.39, 0.29) is 19.0 Å². The molecule has 2 N–H and O–H groups in total. The Morgan fingerprint density at radius 3 is 2.81 bits per heavy atom. The highest BCUT2D eigenvalue weighted by Gasteiger charge is 2.07. The monoisotopic (exact) mass is 373 g/mol. The van der Waals surface area contributed by atoms with Crippen LogP contribution >= 0.6 is 27.5 Å². The van der Waals surface area contributed by atoms with E-state index < -0.39 is 6.10 Å². The highest BCUT2D eigenvalue weighted by atomic mass is 79.9. The molecule has 0 heterocycles. The van der Waals surface area contributed by atoms with Crippen LogP contribution in [0.25, 0.3) is 0 Å². The van der Waals surface area contributed by atoms with Crippen LogP contribution < -0.4 is 10.1 Å². The first kappa shape index (κ1) is 16.1. The van der Waals surface area contributed by atoms with Crippen molar-refractivity contribution in [3.8, 4) is 5.75 Å². The summed E-state index contributed by atoms with van der Waals surface area (Å²) in [5, 5.41) is 13.4. The van der Waals surface area contributed by atoms with Crippen LogP contribution in [0.4, 0.5) is 10.1 Å². The second-order valence-electron chi connectivity index (χ2n) is 4.43. The third kappa shape index (κ3) is 5.19. The average Bonchev–Trinajstić information content (AvgIpc) is 2.46. The van der Waals surface area contributed by atoms with Gasteiger partial charge in [-0.05, 0) is 52.3 Å². The Balaban J connectivity index is 1.79. The Hall–Kier alpha value is -1.30. The fourth-order valence-corrected chi connectivity index (χ4v) is 2.08. The second kappa shape index (κ2) is 7.64. The van der Waals surface area contributed by atoms with Crippen molar-refractivity contribution in [2.24, 2.45) is 0 Å². The lowest BCUT2D eigenvalue weighted by atomic mass is 10.3. The van der Waals surface area contributed by atoms with E-state index in [1.165, 1.54) is 6.07 Å². The number of aliphatic hydroxyl groups is 1. The molecule has 0 bridgehead atoms. The summed E-state index contributed by atoms with van der Waals surface area (Å²) < 4.78 is 19.1. The molecule has 0 aromatic heterocycles. The lowest BCUT2D eigenvalue weighted by Gasteiger charge is -2.14. The molecule has 3 nitrogen and oxygen atoms in total. The molecule has 1 unspecified atom stereocenters. The second-order valence-corrected chi connectivity index (χ2v) is 5.72. The van der Waals surface area contributed by atoms with E-state index in [1.54, 1.807) is 36.4 Å². The molecule has 6 heteroatoms. The SMILES string of the molecule is OC(CNc1ccc(Br)c(F)c1)COc1cccc(Cl)c1. The van der Waals surface area contributed by atoms with E-state index in [1.807, 2.05) is 0 Å². The number of aliphatic hydroxyl groups excluding tert-OH is 1.